The van der Waals surface area contributed by atoms with E-state index in [0.717, 1.165) is 31.4 Å². The third-order valence-corrected chi connectivity index (χ3v) is 3.18. The van der Waals surface area contributed by atoms with Crippen molar-refractivity contribution in [3.05, 3.63) is 23.9 Å². The van der Waals surface area contributed by atoms with Gasteiger partial charge in [0.2, 0.25) is 0 Å². The van der Waals surface area contributed by atoms with E-state index in [1.807, 2.05) is 0 Å². The fraction of sp³-hybridized carbons (Fsp3) is 0.615. The molecule has 8 heteroatoms. The summed E-state index contributed by atoms with van der Waals surface area (Å²) in [5.74, 6) is 0.103. The number of hydrogen-bond donors (Lipinski definition) is 2. The smallest absolute Gasteiger partial charge is 0.390 e. The van der Waals surface area contributed by atoms with Crippen LogP contribution in [0.2, 0.25) is 0 Å². The average molecular weight is 305 g/mol. The first-order valence-electron chi connectivity index (χ1n) is 6.70. The third kappa shape index (κ3) is 5.14. The molecule has 0 radical (unpaired) electrons. The van der Waals surface area contributed by atoms with Crippen LogP contribution in [0.4, 0.5) is 19.0 Å². The predicted octanol–water partition coefficient (Wildman–Crippen LogP) is 1.21. The van der Waals surface area contributed by atoms with E-state index in [-0.39, 0.29) is 12.4 Å². The van der Waals surface area contributed by atoms with Gasteiger partial charge in [-0.05, 0) is 12.1 Å². The number of ether oxygens (including phenoxy) is 1. The number of pyridine rings is 1. The zero-order valence-electron chi connectivity index (χ0n) is 11.4. The van der Waals surface area contributed by atoms with Crippen molar-refractivity contribution in [1.29, 1.82) is 0 Å². The van der Waals surface area contributed by atoms with Gasteiger partial charge in [0.1, 0.15) is 5.82 Å². The van der Waals surface area contributed by atoms with Crippen molar-refractivity contribution in [3.8, 4) is 0 Å². The minimum atomic E-state index is -4.40. The number of rotatable bonds is 5. The Morgan fingerprint density at radius 2 is 2.10 bits per heavy atom. The van der Waals surface area contributed by atoms with Gasteiger partial charge in [-0.25, -0.2) is 4.98 Å². The zero-order chi connectivity index (χ0) is 15.3. The minimum absolute atomic E-state index is 0.103. The molecule has 1 fully saturated rings. The maximum Gasteiger partial charge on any atom is 0.416 e. The first-order chi connectivity index (χ1) is 9.95. The second kappa shape index (κ2) is 7.06. The van der Waals surface area contributed by atoms with E-state index in [1.165, 1.54) is 0 Å². The summed E-state index contributed by atoms with van der Waals surface area (Å²) < 4.78 is 42.9. The molecule has 2 heterocycles. The Hall–Kier alpha value is -1.38. The number of hydrogen-bond acceptors (Lipinski definition) is 5. The molecule has 0 unspecified atom stereocenters. The highest BCUT2D eigenvalue weighted by Gasteiger charge is 2.30. The lowest BCUT2D eigenvalue weighted by molar-refractivity contribution is -0.137. The van der Waals surface area contributed by atoms with Crippen LogP contribution in [0.1, 0.15) is 5.56 Å². The predicted molar refractivity (Wildman–Crippen MR) is 71.0 cm³/mol. The molecule has 21 heavy (non-hydrogen) atoms. The maximum atomic E-state index is 12.6. The van der Waals surface area contributed by atoms with Gasteiger partial charge in [0, 0.05) is 32.4 Å². The van der Waals surface area contributed by atoms with Gasteiger partial charge in [0.05, 0.1) is 24.9 Å². The number of halogens is 3. The lowest BCUT2D eigenvalue weighted by Gasteiger charge is -2.28. The van der Waals surface area contributed by atoms with Crippen molar-refractivity contribution < 1.29 is 23.0 Å². The molecule has 0 spiro atoms. The molecule has 0 amide bonds. The third-order valence-electron chi connectivity index (χ3n) is 3.18. The van der Waals surface area contributed by atoms with Crippen LogP contribution < -0.4 is 5.32 Å². The first-order valence-corrected chi connectivity index (χ1v) is 6.70. The van der Waals surface area contributed by atoms with Crippen LogP contribution in [-0.4, -0.2) is 60.5 Å². The Morgan fingerprint density at radius 3 is 2.76 bits per heavy atom. The standard InChI is InChI=1S/C13H18F3N3O2/c14-13(15,16)10-1-2-17-12(7-10)18-8-11(20)9-19-3-5-21-6-4-19/h1-2,7,11,20H,3-6,8-9H2,(H,17,18)/t11-/m1/s1. The molecular formula is C13H18F3N3O2. The molecule has 5 nitrogen and oxygen atoms in total. The summed E-state index contributed by atoms with van der Waals surface area (Å²) in [6.07, 6.45) is -3.98. The second-order valence-electron chi connectivity index (χ2n) is 4.88. The van der Waals surface area contributed by atoms with Gasteiger partial charge < -0.3 is 15.2 Å². The van der Waals surface area contributed by atoms with Crippen LogP contribution in [0.5, 0.6) is 0 Å². The Kier molecular flexibility index (Phi) is 5.38. The highest BCUT2D eigenvalue weighted by atomic mass is 19.4. The molecule has 0 aliphatic carbocycles. The SMILES string of the molecule is O[C@H](CNc1cc(C(F)(F)F)ccn1)CN1CCOCC1. The van der Waals surface area contributed by atoms with Crippen LogP contribution in [0.3, 0.4) is 0 Å². The molecular weight excluding hydrogens is 287 g/mol. The molecule has 1 aliphatic heterocycles. The minimum Gasteiger partial charge on any atom is -0.390 e. The van der Waals surface area contributed by atoms with E-state index in [1.54, 1.807) is 0 Å². The molecule has 0 bridgehead atoms. The van der Waals surface area contributed by atoms with Gasteiger partial charge in [-0.3, -0.25) is 4.90 Å². The Morgan fingerprint density at radius 1 is 1.38 bits per heavy atom. The number of aliphatic hydroxyl groups is 1. The van der Waals surface area contributed by atoms with Crippen molar-refractivity contribution in [2.24, 2.45) is 0 Å². The first kappa shape index (κ1) is 16.0. The average Bonchev–Trinajstić information content (AvgIpc) is 2.46. The molecule has 2 rings (SSSR count). The molecule has 118 valence electrons. The summed E-state index contributed by atoms with van der Waals surface area (Å²) in [6.45, 7) is 3.36. The second-order valence-corrected chi connectivity index (χ2v) is 4.88. The summed E-state index contributed by atoms with van der Waals surface area (Å²) in [6, 6.07) is 1.84. The summed E-state index contributed by atoms with van der Waals surface area (Å²) >= 11 is 0. The van der Waals surface area contributed by atoms with Crippen LogP contribution in [0.25, 0.3) is 0 Å². The number of nitrogens with one attached hydrogen (secondary N) is 1. The summed E-state index contributed by atoms with van der Waals surface area (Å²) in [5.41, 5.74) is -0.761. The highest BCUT2D eigenvalue weighted by molar-refractivity contribution is 5.38. The van der Waals surface area contributed by atoms with E-state index in [0.29, 0.717) is 19.8 Å². The number of β-amino-alcohol motifs (C(OH)–C–C–N with tert-alkyl or cyclic N) is 1. The van der Waals surface area contributed by atoms with Crippen molar-refractivity contribution in [2.45, 2.75) is 12.3 Å². The van der Waals surface area contributed by atoms with Gasteiger partial charge in [0.15, 0.2) is 0 Å². The molecule has 1 aromatic heterocycles. The normalized spacial score (nSPS) is 18.5. The number of alkyl halides is 3. The van der Waals surface area contributed by atoms with Crippen molar-refractivity contribution in [3.63, 3.8) is 0 Å². The van der Waals surface area contributed by atoms with E-state index < -0.39 is 17.8 Å². The Balaban J connectivity index is 1.82. The monoisotopic (exact) mass is 305 g/mol. The topological polar surface area (TPSA) is 57.6 Å². The number of aliphatic hydroxyl groups excluding tert-OH is 1. The van der Waals surface area contributed by atoms with E-state index in [2.05, 4.69) is 15.2 Å². The van der Waals surface area contributed by atoms with Crippen molar-refractivity contribution >= 4 is 5.82 Å². The summed E-state index contributed by atoms with van der Waals surface area (Å²) in [4.78, 5) is 5.87. The number of morpholine rings is 1. The van der Waals surface area contributed by atoms with Crippen LogP contribution >= 0.6 is 0 Å². The fourth-order valence-corrected chi connectivity index (χ4v) is 2.07. The molecule has 2 N–H and O–H groups in total. The highest BCUT2D eigenvalue weighted by Crippen LogP contribution is 2.29. The van der Waals surface area contributed by atoms with E-state index in [4.69, 9.17) is 4.74 Å². The largest absolute Gasteiger partial charge is 0.416 e. The fourth-order valence-electron chi connectivity index (χ4n) is 2.07. The molecule has 1 aromatic rings. The number of nitrogens with zero attached hydrogens (tertiary/aromatic N) is 2. The zero-order valence-corrected chi connectivity index (χ0v) is 11.4. The van der Waals surface area contributed by atoms with Gasteiger partial charge >= 0.3 is 6.18 Å². The van der Waals surface area contributed by atoms with Crippen molar-refractivity contribution in [1.82, 2.24) is 9.88 Å². The Bertz CT molecular complexity index is 451. The van der Waals surface area contributed by atoms with E-state index >= 15 is 0 Å². The summed E-state index contributed by atoms with van der Waals surface area (Å²) in [7, 11) is 0. The quantitative estimate of drug-likeness (QED) is 0.856. The van der Waals surface area contributed by atoms with Crippen molar-refractivity contribution in [2.75, 3.05) is 44.7 Å². The van der Waals surface area contributed by atoms with Crippen LogP contribution in [0.15, 0.2) is 18.3 Å². The molecule has 1 atom stereocenters. The molecule has 0 aromatic carbocycles. The lowest BCUT2D eigenvalue weighted by atomic mass is 10.2. The lowest BCUT2D eigenvalue weighted by Crippen LogP contribution is -2.42. The van der Waals surface area contributed by atoms with Gasteiger partial charge in [-0.2, -0.15) is 13.2 Å². The number of aromatic nitrogens is 1. The molecule has 1 aliphatic rings. The van der Waals surface area contributed by atoms with Gasteiger partial charge in [0.25, 0.3) is 0 Å². The van der Waals surface area contributed by atoms with Crippen LogP contribution in [-0.2, 0) is 10.9 Å². The van der Waals surface area contributed by atoms with Gasteiger partial charge in [-0.1, -0.05) is 0 Å². The van der Waals surface area contributed by atoms with Gasteiger partial charge in [-0.15, -0.1) is 0 Å². The van der Waals surface area contributed by atoms with Crippen LogP contribution in [0, 0.1) is 0 Å². The number of anilines is 1. The Labute approximate surface area is 120 Å². The molecule has 0 saturated carbocycles. The maximum absolute atomic E-state index is 12.6. The molecule has 1 saturated heterocycles. The summed E-state index contributed by atoms with van der Waals surface area (Å²) in [5, 5.41) is 12.6. The van der Waals surface area contributed by atoms with E-state index in [9.17, 15) is 18.3 Å².